The highest BCUT2D eigenvalue weighted by Crippen LogP contribution is 2.23. The zero-order valence-corrected chi connectivity index (χ0v) is 9.30. The van der Waals surface area contributed by atoms with E-state index in [4.69, 9.17) is 0 Å². The van der Waals surface area contributed by atoms with E-state index in [1.54, 1.807) is 7.05 Å². The van der Waals surface area contributed by atoms with Crippen molar-refractivity contribution in [3.63, 3.8) is 0 Å². The van der Waals surface area contributed by atoms with Gasteiger partial charge in [-0.1, -0.05) is 33.4 Å². The molecule has 0 fully saturated rings. The van der Waals surface area contributed by atoms with Gasteiger partial charge in [-0.2, -0.15) is 0 Å². The fraction of sp³-hybridized carbons (Fsp3) is 0.583. The predicted molar refractivity (Wildman–Crippen MR) is 61.4 cm³/mol. The summed E-state index contributed by atoms with van der Waals surface area (Å²) in [7, 11) is 1.78. The molecule has 0 aliphatic heterocycles. The predicted octanol–water partition coefficient (Wildman–Crippen LogP) is 3.63. The summed E-state index contributed by atoms with van der Waals surface area (Å²) >= 11 is 0. The Morgan fingerprint density at radius 3 is 2.38 bits per heavy atom. The molecule has 0 aromatic carbocycles. The molecular weight excluding hydrogens is 158 g/mol. The molecule has 1 heteroatoms. The Morgan fingerprint density at radius 1 is 1.38 bits per heavy atom. The van der Waals surface area contributed by atoms with Gasteiger partial charge < -0.3 is 0 Å². The van der Waals surface area contributed by atoms with Gasteiger partial charge in [0.2, 0.25) is 0 Å². The van der Waals surface area contributed by atoms with E-state index in [0.717, 1.165) is 6.42 Å². The van der Waals surface area contributed by atoms with E-state index in [2.05, 4.69) is 32.3 Å². The van der Waals surface area contributed by atoms with Crippen molar-refractivity contribution < 1.29 is 0 Å². The highest BCUT2D eigenvalue weighted by atomic mass is 14.6. The molecule has 0 aromatic rings. The van der Waals surface area contributed by atoms with Gasteiger partial charge in [0.1, 0.15) is 0 Å². The van der Waals surface area contributed by atoms with Gasteiger partial charge in [0, 0.05) is 13.3 Å². The van der Waals surface area contributed by atoms with Gasteiger partial charge >= 0.3 is 0 Å². The molecule has 74 valence electrons. The molecule has 0 heterocycles. The van der Waals surface area contributed by atoms with E-state index in [9.17, 15) is 0 Å². The fourth-order valence-electron chi connectivity index (χ4n) is 0.943. The summed E-state index contributed by atoms with van der Waals surface area (Å²) in [6.45, 7) is 10.5. The van der Waals surface area contributed by atoms with E-state index < -0.39 is 0 Å². The highest BCUT2D eigenvalue weighted by Gasteiger charge is 2.09. The van der Waals surface area contributed by atoms with Crippen LogP contribution in [0.1, 0.15) is 33.6 Å². The van der Waals surface area contributed by atoms with Crippen LogP contribution in [-0.2, 0) is 0 Å². The lowest BCUT2D eigenvalue weighted by atomic mass is 9.88. The van der Waals surface area contributed by atoms with Gasteiger partial charge in [-0.3, -0.25) is 4.99 Å². The second-order valence-corrected chi connectivity index (χ2v) is 4.41. The quantitative estimate of drug-likeness (QED) is 0.461. The van der Waals surface area contributed by atoms with Crippen LogP contribution < -0.4 is 0 Å². The maximum absolute atomic E-state index is 3.92. The Balaban J connectivity index is 4.07. The van der Waals surface area contributed by atoms with Crippen molar-refractivity contribution >= 4 is 6.21 Å². The van der Waals surface area contributed by atoms with Crippen LogP contribution in [0.15, 0.2) is 29.3 Å². The van der Waals surface area contributed by atoms with Crippen LogP contribution in [0, 0.1) is 5.41 Å². The number of nitrogens with zero attached hydrogens (tertiary/aromatic N) is 1. The third-order valence-corrected chi connectivity index (χ3v) is 1.86. The summed E-state index contributed by atoms with van der Waals surface area (Å²) in [5.41, 5.74) is 1.66. The minimum absolute atomic E-state index is 0.394. The smallest absolute Gasteiger partial charge is 0.0277 e. The number of rotatable bonds is 4. The molecule has 0 aromatic heterocycles. The lowest BCUT2D eigenvalue weighted by Crippen LogP contribution is -2.04. The van der Waals surface area contributed by atoms with Gasteiger partial charge in [-0.05, 0) is 29.9 Å². The molecule has 1 nitrogen and oxygen atoms in total. The molecule has 0 bridgehead atoms. The first kappa shape index (κ1) is 12.2. The van der Waals surface area contributed by atoms with Crippen LogP contribution >= 0.6 is 0 Å². The average molecular weight is 179 g/mol. The largest absolute Gasteiger partial charge is 0.297 e. The molecule has 0 rings (SSSR count). The first-order valence-electron chi connectivity index (χ1n) is 4.73. The molecule has 0 amide bonds. The Hall–Kier alpha value is -0.850. The first-order valence-corrected chi connectivity index (χ1v) is 4.73. The van der Waals surface area contributed by atoms with Crippen molar-refractivity contribution in [2.24, 2.45) is 10.4 Å². The summed E-state index contributed by atoms with van der Waals surface area (Å²) in [5, 5.41) is 0. The maximum Gasteiger partial charge on any atom is 0.0277 e. The van der Waals surface area contributed by atoms with E-state index >= 15 is 0 Å². The molecule has 0 radical (unpaired) electrons. The van der Waals surface area contributed by atoms with Gasteiger partial charge in [0.15, 0.2) is 0 Å². The highest BCUT2D eigenvalue weighted by molar-refractivity contribution is 5.72. The second kappa shape index (κ2) is 5.74. The summed E-state index contributed by atoms with van der Waals surface area (Å²) in [4.78, 5) is 3.92. The van der Waals surface area contributed by atoms with E-state index in [0.29, 0.717) is 5.41 Å². The van der Waals surface area contributed by atoms with Crippen molar-refractivity contribution in [3.8, 4) is 0 Å². The van der Waals surface area contributed by atoms with Crippen LogP contribution in [0.5, 0.6) is 0 Å². The third kappa shape index (κ3) is 7.51. The molecule has 0 N–H and O–H groups in total. The molecule has 0 atom stereocenters. The normalized spacial score (nSPS) is 13.7. The maximum atomic E-state index is 3.92. The van der Waals surface area contributed by atoms with Crippen LogP contribution in [0.4, 0.5) is 0 Å². The Kier molecular flexibility index (Phi) is 5.36. The summed E-state index contributed by atoms with van der Waals surface area (Å²) in [6.07, 6.45) is 8.02. The van der Waals surface area contributed by atoms with Crippen LogP contribution in [-0.4, -0.2) is 13.3 Å². The van der Waals surface area contributed by atoms with Crippen molar-refractivity contribution in [3.05, 3.63) is 24.3 Å². The summed E-state index contributed by atoms with van der Waals surface area (Å²) in [6, 6.07) is 0. The monoisotopic (exact) mass is 179 g/mol. The van der Waals surface area contributed by atoms with Gasteiger partial charge in [0.25, 0.3) is 0 Å². The van der Waals surface area contributed by atoms with Crippen LogP contribution in [0.2, 0.25) is 0 Å². The van der Waals surface area contributed by atoms with Crippen LogP contribution in [0.25, 0.3) is 0 Å². The first-order chi connectivity index (χ1) is 5.99. The molecule has 13 heavy (non-hydrogen) atoms. The molecule has 0 unspecified atom stereocenters. The fourth-order valence-corrected chi connectivity index (χ4v) is 0.943. The average Bonchev–Trinajstić information content (AvgIpc) is 2.03. The Morgan fingerprint density at radius 2 is 2.00 bits per heavy atom. The van der Waals surface area contributed by atoms with Crippen molar-refractivity contribution in [1.82, 2.24) is 0 Å². The topological polar surface area (TPSA) is 12.4 Å². The molecule has 0 aliphatic rings. The van der Waals surface area contributed by atoms with Gasteiger partial charge in [-0.15, -0.1) is 0 Å². The summed E-state index contributed by atoms with van der Waals surface area (Å²) in [5.74, 6) is 0. The van der Waals surface area contributed by atoms with Crippen molar-refractivity contribution in [2.75, 3.05) is 7.05 Å². The van der Waals surface area contributed by atoms with E-state index in [1.165, 1.54) is 12.0 Å². The lowest BCUT2D eigenvalue weighted by Gasteiger charge is -2.17. The van der Waals surface area contributed by atoms with E-state index in [1.807, 2.05) is 18.4 Å². The zero-order valence-electron chi connectivity index (χ0n) is 9.30. The van der Waals surface area contributed by atoms with Crippen molar-refractivity contribution in [2.45, 2.75) is 33.6 Å². The SMILES string of the molecule is C=C/C(=C\C=NC)CCC(C)(C)C. The number of aliphatic imine (C=N–C) groups is 1. The Labute approximate surface area is 82.3 Å². The third-order valence-electron chi connectivity index (χ3n) is 1.86. The summed E-state index contributed by atoms with van der Waals surface area (Å²) < 4.78 is 0. The van der Waals surface area contributed by atoms with Gasteiger partial charge in [-0.25, -0.2) is 0 Å². The lowest BCUT2D eigenvalue weighted by molar-refractivity contribution is 0.379. The molecule has 0 saturated heterocycles. The number of allylic oxidation sites excluding steroid dienone is 3. The minimum atomic E-state index is 0.394. The number of hydrogen-bond acceptors (Lipinski definition) is 1. The standard InChI is InChI=1S/C12H21N/c1-6-11(8-10-13-5)7-9-12(2,3)4/h6,8,10H,1,7,9H2,2-5H3/b11-8+,13-10?. The molecule has 0 spiro atoms. The van der Waals surface area contributed by atoms with Gasteiger partial charge in [0.05, 0.1) is 0 Å². The second-order valence-electron chi connectivity index (χ2n) is 4.41. The molecular formula is C12H21N. The Bertz CT molecular complexity index is 204. The van der Waals surface area contributed by atoms with E-state index in [-0.39, 0.29) is 0 Å². The minimum Gasteiger partial charge on any atom is -0.297 e. The van der Waals surface area contributed by atoms with Crippen LogP contribution in [0.3, 0.4) is 0 Å². The molecule has 0 aliphatic carbocycles. The van der Waals surface area contributed by atoms with Crippen molar-refractivity contribution in [1.29, 1.82) is 0 Å². The zero-order chi connectivity index (χ0) is 10.3. The molecule has 0 saturated carbocycles. The number of hydrogen-bond donors (Lipinski definition) is 0.